The van der Waals surface area contributed by atoms with Crippen molar-refractivity contribution in [2.24, 2.45) is 0 Å². The van der Waals surface area contributed by atoms with E-state index in [9.17, 15) is 27.6 Å². The molecule has 11 nitrogen and oxygen atoms in total. The summed E-state index contributed by atoms with van der Waals surface area (Å²) in [7, 11) is 2.21. The van der Waals surface area contributed by atoms with E-state index < -0.39 is 29.5 Å². The van der Waals surface area contributed by atoms with Crippen molar-refractivity contribution >= 4 is 52.3 Å². The van der Waals surface area contributed by atoms with E-state index in [0.717, 1.165) is 30.2 Å². The number of rotatable bonds is 6. The standard InChI is InChI=1S/C34H44ClF3N8O3S/c1-42-23-2-3-24(42)16-25(15-23)43-8-10-44(11-9-43)31(47)28(14-20-12-26(34(36,37)38)30(39)27(35)13-20)40-32(48)45-6-4-22(5-7-45)46-17-21-18-50-19-29(21)41-33(46)49/h12-13,18-19,22-25,28H,2-11,14-17,39H2,1H3,(H,40,48)(H,41,49)/t23?,24?,25?,28-/m1/s1. The Kier molecular flexibility index (Phi) is 9.87. The van der Waals surface area contributed by atoms with E-state index in [-0.39, 0.29) is 35.0 Å². The number of carbonyl (C=O) groups excluding carboxylic acids is 3. The molecule has 4 N–H and O–H groups in total. The Bertz CT molecular complexity index is 1600. The van der Waals surface area contributed by atoms with Crippen molar-refractivity contribution in [1.82, 2.24) is 29.8 Å². The summed E-state index contributed by atoms with van der Waals surface area (Å²) in [6, 6.07) is 2.11. The van der Waals surface area contributed by atoms with Crippen LogP contribution in [0.3, 0.4) is 0 Å². The topological polar surface area (TPSA) is 117 Å². The predicted octanol–water partition coefficient (Wildman–Crippen LogP) is 4.90. The molecule has 1 aromatic carbocycles. The van der Waals surface area contributed by atoms with E-state index >= 15 is 0 Å². The van der Waals surface area contributed by atoms with Crippen LogP contribution in [-0.2, 0) is 23.9 Å². The molecule has 5 amide bonds. The van der Waals surface area contributed by atoms with Crippen LogP contribution >= 0.6 is 22.9 Å². The third-order valence-corrected chi connectivity index (χ3v) is 12.6. The number of benzene rings is 1. The van der Waals surface area contributed by atoms with Gasteiger partial charge in [0.2, 0.25) is 5.91 Å². The van der Waals surface area contributed by atoms with E-state index in [1.54, 1.807) is 14.7 Å². The lowest BCUT2D eigenvalue weighted by atomic mass is 9.95. The minimum absolute atomic E-state index is 0.0571. The van der Waals surface area contributed by atoms with Gasteiger partial charge in [-0.05, 0) is 68.6 Å². The molecule has 272 valence electrons. The maximum Gasteiger partial charge on any atom is 0.418 e. The van der Waals surface area contributed by atoms with Crippen LogP contribution in [0.4, 0.5) is 34.1 Å². The van der Waals surface area contributed by atoms with Crippen molar-refractivity contribution in [3.8, 4) is 0 Å². The molecule has 1 aromatic heterocycles. The highest BCUT2D eigenvalue weighted by molar-refractivity contribution is 7.08. The Balaban J connectivity index is 1.02. The maximum atomic E-state index is 14.1. The number of nitrogens with two attached hydrogens (primary N) is 1. The van der Waals surface area contributed by atoms with Crippen molar-refractivity contribution in [1.29, 1.82) is 0 Å². The van der Waals surface area contributed by atoms with Gasteiger partial charge in [-0.1, -0.05) is 11.6 Å². The molecule has 50 heavy (non-hydrogen) atoms. The summed E-state index contributed by atoms with van der Waals surface area (Å²) in [5.74, 6) is -0.339. The molecular weight excluding hydrogens is 693 g/mol. The fourth-order valence-corrected chi connectivity index (χ4v) is 9.61. The number of carbonyl (C=O) groups is 3. The molecule has 5 aliphatic heterocycles. The normalized spacial score (nSPS) is 25.7. The zero-order valence-electron chi connectivity index (χ0n) is 28.1. The maximum absolute atomic E-state index is 14.1. The molecule has 4 saturated heterocycles. The molecule has 0 aliphatic carbocycles. The largest absolute Gasteiger partial charge is 0.418 e. The lowest BCUT2D eigenvalue weighted by molar-refractivity contribution is -0.137. The van der Waals surface area contributed by atoms with Gasteiger partial charge >= 0.3 is 18.2 Å². The number of hydrogen-bond donors (Lipinski definition) is 3. The molecule has 4 fully saturated rings. The van der Waals surface area contributed by atoms with E-state index in [2.05, 4.69) is 27.5 Å². The average molecular weight is 737 g/mol. The van der Waals surface area contributed by atoms with Gasteiger partial charge in [-0.15, -0.1) is 11.3 Å². The number of amides is 5. The first-order valence-electron chi connectivity index (χ1n) is 17.4. The third-order valence-electron chi connectivity index (χ3n) is 11.5. The fraction of sp³-hybridized carbons (Fsp3) is 0.618. The van der Waals surface area contributed by atoms with Gasteiger partial charge in [0.15, 0.2) is 0 Å². The Labute approximate surface area is 298 Å². The number of nitrogens with zero attached hydrogens (tertiary/aromatic N) is 5. The number of nitrogen functional groups attached to an aromatic ring is 1. The zero-order valence-corrected chi connectivity index (χ0v) is 29.6. The highest BCUT2D eigenvalue weighted by atomic mass is 35.5. The number of hydrogen-bond acceptors (Lipinski definition) is 7. The number of piperidine rings is 2. The molecule has 0 radical (unpaired) electrons. The lowest BCUT2D eigenvalue weighted by Gasteiger charge is -2.45. The van der Waals surface area contributed by atoms with Crippen LogP contribution < -0.4 is 16.4 Å². The van der Waals surface area contributed by atoms with Crippen molar-refractivity contribution in [2.45, 2.75) is 87.9 Å². The first-order valence-corrected chi connectivity index (χ1v) is 18.8. The van der Waals surface area contributed by atoms with E-state index in [1.165, 1.54) is 30.2 Å². The van der Waals surface area contributed by atoms with Gasteiger partial charge < -0.3 is 36.0 Å². The SMILES string of the molecule is CN1C2CCC1CC(N1CCN(C(=O)[C@@H](Cc3cc(Cl)c(N)c(C(F)(F)F)c3)NC(=O)N3CCC(N4Cc5cscc5NC4=O)CC3)CC1)C2. The highest BCUT2D eigenvalue weighted by Crippen LogP contribution is 2.39. The fourth-order valence-electron chi connectivity index (χ4n) is 8.58. The summed E-state index contributed by atoms with van der Waals surface area (Å²) in [6.07, 6.45) is 0.884. The molecule has 0 spiro atoms. The number of piperazine rings is 1. The molecule has 2 bridgehead atoms. The van der Waals surface area contributed by atoms with Gasteiger partial charge in [0, 0.05) is 80.8 Å². The molecule has 16 heteroatoms. The van der Waals surface area contributed by atoms with Crippen LogP contribution in [0.15, 0.2) is 22.9 Å². The molecule has 2 unspecified atom stereocenters. The van der Waals surface area contributed by atoms with Crippen molar-refractivity contribution in [3.05, 3.63) is 44.6 Å². The number of halogens is 4. The number of urea groups is 2. The molecule has 2 aromatic rings. The first-order chi connectivity index (χ1) is 23.9. The van der Waals surface area contributed by atoms with Gasteiger partial charge in [-0.3, -0.25) is 9.69 Å². The van der Waals surface area contributed by atoms with E-state index in [0.29, 0.717) is 76.8 Å². The Morgan fingerprint density at radius 1 is 0.980 bits per heavy atom. The lowest BCUT2D eigenvalue weighted by Crippen LogP contribution is -2.60. The summed E-state index contributed by atoms with van der Waals surface area (Å²) in [5, 5.41) is 9.47. The van der Waals surface area contributed by atoms with Crippen molar-refractivity contribution in [2.75, 3.05) is 57.4 Å². The van der Waals surface area contributed by atoms with Gasteiger partial charge in [-0.25, -0.2) is 9.59 Å². The first kappa shape index (κ1) is 35.1. The second-order valence-corrected chi connectivity index (χ2v) is 15.5. The average Bonchev–Trinajstić information content (AvgIpc) is 3.61. The number of fused-ring (bicyclic) bond motifs is 3. The van der Waals surface area contributed by atoms with Crippen LogP contribution in [0.25, 0.3) is 0 Å². The second kappa shape index (κ2) is 14.0. The number of likely N-dealkylation sites (tertiary alicyclic amines) is 1. The van der Waals surface area contributed by atoms with Crippen LogP contribution in [0.5, 0.6) is 0 Å². The van der Waals surface area contributed by atoms with Crippen LogP contribution in [-0.4, -0.2) is 119 Å². The van der Waals surface area contributed by atoms with Gasteiger partial charge in [0.1, 0.15) is 6.04 Å². The quantitative estimate of drug-likeness (QED) is 0.364. The zero-order chi connectivity index (χ0) is 35.3. The van der Waals surface area contributed by atoms with Crippen molar-refractivity contribution in [3.63, 3.8) is 0 Å². The minimum atomic E-state index is -4.74. The molecule has 3 atom stereocenters. The third kappa shape index (κ3) is 7.10. The summed E-state index contributed by atoms with van der Waals surface area (Å²) < 4.78 is 41.5. The number of anilines is 2. The molecule has 7 rings (SSSR count). The highest BCUT2D eigenvalue weighted by Gasteiger charge is 2.42. The Morgan fingerprint density at radius 2 is 1.66 bits per heavy atom. The summed E-state index contributed by atoms with van der Waals surface area (Å²) in [5.41, 5.74) is 6.08. The smallest absolute Gasteiger partial charge is 0.397 e. The summed E-state index contributed by atoms with van der Waals surface area (Å²) in [4.78, 5) is 50.7. The van der Waals surface area contributed by atoms with Crippen LogP contribution in [0, 0.1) is 0 Å². The molecule has 0 saturated carbocycles. The Morgan fingerprint density at radius 3 is 2.32 bits per heavy atom. The number of alkyl halides is 3. The second-order valence-electron chi connectivity index (χ2n) is 14.4. The summed E-state index contributed by atoms with van der Waals surface area (Å²) >= 11 is 7.68. The summed E-state index contributed by atoms with van der Waals surface area (Å²) in [6.45, 7) is 3.58. The van der Waals surface area contributed by atoms with E-state index in [4.69, 9.17) is 17.3 Å². The molecular formula is C34H44ClF3N8O3S. The van der Waals surface area contributed by atoms with Crippen molar-refractivity contribution < 1.29 is 27.6 Å². The van der Waals surface area contributed by atoms with Crippen LogP contribution in [0.1, 0.15) is 55.2 Å². The monoisotopic (exact) mass is 736 g/mol. The molecule has 6 heterocycles. The van der Waals surface area contributed by atoms with E-state index in [1.807, 2.05) is 10.8 Å². The minimum Gasteiger partial charge on any atom is -0.397 e. The Hall–Kier alpha value is -3.27. The van der Waals surface area contributed by atoms with Gasteiger partial charge in [-0.2, -0.15) is 13.2 Å². The van der Waals surface area contributed by atoms with Crippen LogP contribution in [0.2, 0.25) is 5.02 Å². The van der Waals surface area contributed by atoms with Gasteiger partial charge in [0.25, 0.3) is 0 Å². The predicted molar refractivity (Wildman–Crippen MR) is 186 cm³/mol. The molecule has 5 aliphatic rings. The number of thiophene rings is 1. The number of nitrogens with one attached hydrogen (secondary N) is 2. The van der Waals surface area contributed by atoms with Gasteiger partial charge in [0.05, 0.1) is 28.5 Å².